The van der Waals surface area contributed by atoms with Gasteiger partial charge < -0.3 is 10.2 Å². The highest BCUT2D eigenvalue weighted by Gasteiger charge is 2.26. The second kappa shape index (κ2) is 8.62. The first-order valence-electron chi connectivity index (χ1n) is 9.79. The first-order chi connectivity index (χ1) is 14.1. The van der Waals surface area contributed by atoms with Gasteiger partial charge in [-0.2, -0.15) is 0 Å². The summed E-state index contributed by atoms with van der Waals surface area (Å²) in [6.07, 6.45) is 3.18. The van der Waals surface area contributed by atoms with E-state index in [1.54, 1.807) is 12.4 Å². The number of aryl methyl sites for hydroxylation is 1. The van der Waals surface area contributed by atoms with E-state index in [0.717, 1.165) is 54.3 Å². The van der Waals surface area contributed by atoms with Gasteiger partial charge in [0.1, 0.15) is 12.1 Å². The molecule has 1 aliphatic heterocycles. The number of aromatic nitrogens is 2. The van der Waals surface area contributed by atoms with Crippen LogP contribution in [0.25, 0.3) is 11.3 Å². The summed E-state index contributed by atoms with van der Waals surface area (Å²) in [5.74, 6) is 0.946. The number of nitrogens with one attached hydrogen (secondary N) is 1. The number of anilines is 2. The fourth-order valence-electron chi connectivity index (χ4n) is 3.57. The topological polar surface area (TPSA) is 58.1 Å². The Hall–Kier alpha value is -2.92. The first kappa shape index (κ1) is 19.4. The molecule has 2 aromatic carbocycles. The predicted octanol–water partition coefficient (Wildman–Crippen LogP) is 4.96. The normalized spacial score (nSPS) is 14.6. The Kier molecular flexibility index (Phi) is 5.76. The molecular formula is C23H23ClN4O. The van der Waals surface area contributed by atoms with Gasteiger partial charge >= 0.3 is 0 Å². The summed E-state index contributed by atoms with van der Waals surface area (Å²) < 4.78 is 0. The number of hydrogen-bond acceptors (Lipinski definition) is 4. The Morgan fingerprint density at radius 1 is 1.07 bits per heavy atom. The Bertz CT molecular complexity index is 1000. The number of carbonyl (C=O) groups excluding carboxylic acids is 1. The van der Waals surface area contributed by atoms with Crippen molar-refractivity contribution >= 4 is 29.0 Å². The van der Waals surface area contributed by atoms with E-state index < -0.39 is 0 Å². The molecular weight excluding hydrogens is 384 g/mol. The molecule has 29 heavy (non-hydrogen) atoms. The van der Waals surface area contributed by atoms with Crippen LogP contribution in [0.3, 0.4) is 0 Å². The van der Waals surface area contributed by atoms with Crippen molar-refractivity contribution in [3.63, 3.8) is 0 Å². The van der Waals surface area contributed by atoms with E-state index in [1.807, 2.05) is 55.5 Å². The highest BCUT2D eigenvalue weighted by Crippen LogP contribution is 2.26. The second-order valence-electron chi connectivity index (χ2n) is 7.34. The summed E-state index contributed by atoms with van der Waals surface area (Å²) in [7, 11) is 0. The SMILES string of the molecule is Cc1ccc(NC(=O)C2CCN(c3cc(-c4ccccc4)ncn3)CC2)cc1Cl. The van der Waals surface area contributed by atoms with Gasteiger partial charge in [0.2, 0.25) is 5.91 Å². The van der Waals surface area contributed by atoms with Gasteiger partial charge in [-0.25, -0.2) is 9.97 Å². The van der Waals surface area contributed by atoms with Crippen LogP contribution in [0.15, 0.2) is 60.9 Å². The van der Waals surface area contributed by atoms with Gasteiger partial charge in [-0.1, -0.05) is 48.0 Å². The van der Waals surface area contributed by atoms with Crippen LogP contribution < -0.4 is 10.2 Å². The summed E-state index contributed by atoms with van der Waals surface area (Å²) in [6.45, 7) is 3.52. The molecule has 0 unspecified atom stereocenters. The molecule has 1 amide bonds. The molecule has 0 radical (unpaired) electrons. The van der Waals surface area contributed by atoms with Crippen molar-refractivity contribution in [3.05, 3.63) is 71.5 Å². The molecule has 6 heteroatoms. The van der Waals surface area contributed by atoms with E-state index >= 15 is 0 Å². The number of halogens is 1. The summed E-state index contributed by atoms with van der Waals surface area (Å²) in [5, 5.41) is 3.66. The number of benzene rings is 2. The van der Waals surface area contributed by atoms with Crippen molar-refractivity contribution in [2.75, 3.05) is 23.3 Å². The van der Waals surface area contributed by atoms with Crippen LogP contribution in [-0.2, 0) is 4.79 Å². The molecule has 0 bridgehead atoms. The number of rotatable bonds is 4. The van der Waals surface area contributed by atoms with E-state index in [2.05, 4.69) is 20.2 Å². The van der Waals surface area contributed by atoms with E-state index in [-0.39, 0.29) is 11.8 Å². The maximum Gasteiger partial charge on any atom is 0.227 e. The van der Waals surface area contributed by atoms with Gasteiger partial charge in [-0.05, 0) is 37.5 Å². The van der Waals surface area contributed by atoms with Gasteiger partial charge in [-0.15, -0.1) is 0 Å². The fourth-order valence-corrected chi connectivity index (χ4v) is 3.75. The zero-order valence-electron chi connectivity index (χ0n) is 16.3. The molecule has 0 spiro atoms. The van der Waals surface area contributed by atoms with Crippen LogP contribution >= 0.6 is 11.6 Å². The largest absolute Gasteiger partial charge is 0.356 e. The molecule has 0 atom stereocenters. The molecule has 0 saturated carbocycles. The Labute approximate surface area is 175 Å². The number of hydrogen-bond donors (Lipinski definition) is 1. The number of carbonyl (C=O) groups is 1. The third kappa shape index (κ3) is 4.57. The zero-order chi connectivity index (χ0) is 20.2. The lowest BCUT2D eigenvalue weighted by molar-refractivity contribution is -0.120. The minimum absolute atomic E-state index is 0.0123. The van der Waals surface area contributed by atoms with Crippen LogP contribution in [0.5, 0.6) is 0 Å². The molecule has 1 aromatic heterocycles. The average molecular weight is 407 g/mol. The Morgan fingerprint density at radius 3 is 2.55 bits per heavy atom. The summed E-state index contributed by atoms with van der Waals surface area (Å²) in [4.78, 5) is 23.7. The quantitative estimate of drug-likeness (QED) is 0.665. The fraction of sp³-hybridized carbons (Fsp3) is 0.261. The van der Waals surface area contributed by atoms with Crippen LogP contribution in [0.1, 0.15) is 18.4 Å². The third-order valence-electron chi connectivity index (χ3n) is 5.35. The standard InChI is InChI=1S/C23H23ClN4O/c1-16-7-8-19(13-20(16)24)27-23(29)18-9-11-28(12-10-18)22-14-21(25-15-26-22)17-5-3-2-4-6-17/h2-8,13-15,18H,9-12H2,1H3,(H,27,29). The van der Waals surface area contributed by atoms with Crippen LogP contribution in [0, 0.1) is 12.8 Å². The first-order valence-corrected chi connectivity index (χ1v) is 10.2. The molecule has 1 saturated heterocycles. The molecule has 1 fully saturated rings. The van der Waals surface area contributed by atoms with Gasteiger partial charge in [0.25, 0.3) is 0 Å². The van der Waals surface area contributed by atoms with Gasteiger partial charge in [0.05, 0.1) is 5.69 Å². The zero-order valence-corrected chi connectivity index (χ0v) is 17.1. The lowest BCUT2D eigenvalue weighted by Gasteiger charge is -2.32. The van der Waals surface area contributed by atoms with Gasteiger partial charge in [0.15, 0.2) is 0 Å². The molecule has 3 aromatic rings. The lowest BCUT2D eigenvalue weighted by Crippen LogP contribution is -2.38. The van der Waals surface area contributed by atoms with Crippen molar-refractivity contribution in [1.29, 1.82) is 0 Å². The average Bonchev–Trinajstić information content (AvgIpc) is 2.77. The maximum absolute atomic E-state index is 12.6. The molecule has 0 aliphatic carbocycles. The molecule has 5 nitrogen and oxygen atoms in total. The van der Waals surface area contributed by atoms with E-state index in [0.29, 0.717) is 5.02 Å². The minimum Gasteiger partial charge on any atom is -0.356 e. The Balaban J connectivity index is 1.38. The van der Waals surface area contributed by atoms with Gasteiger partial charge in [-0.3, -0.25) is 4.79 Å². The summed E-state index contributed by atoms with van der Waals surface area (Å²) in [5.41, 5.74) is 3.72. The maximum atomic E-state index is 12.6. The second-order valence-corrected chi connectivity index (χ2v) is 7.75. The monoisotopic (exact) mass is 406 g/mol. The molecule has 148 valence electrons. The number of nitrogens with zero attached hydrogens (tertiary/aromatic N) is 3. The van der Waals surface area contributed by atoms with Crippen molar-refractivity contribution in [1.82, 2.24) is 9.97 Å². The van der Waals surface area contributed by atoms with Gasteiger partial charge in [0, 0.05) is 41.3 Å². The summed E-state index contributed by atoms with van der Waals surface area (Å²) >= 11 is 6.16. The Morgan fingerprint density at radius 2 is 1.83 bits per heavy atom. The van der Waals surface area contributed by atoms with Crippen molar-refractivity contribution in [3.8, 4) is 11.3 Å². The minimum atomic E-state index is -0.0123. The number of piperidine rings is 1. The predicted molar refractivity (Wildman–Crippen MR) is 117 cm³/mol. The van der Waals surface area contributed by atoms with E-state index in [9.17, 15) is 4.79 Å². The molecule has 4 rings (SSSR count). The van der Waals surface area contributed by atoms with Crippen LogP contribution in [0.4, 0.5) is 11.5 Å². The van der Waals surface area contributed by atoms with Crippen molar-refractivity contribution < 1.29 is 4.79 Å². The van der Waals surface area contributed by atoms with Crippen LogP contribution in [0.2, 0.25) is 5.02 Å². The lowest BCUT2D eigenvalue weighted by atomic mass is 9.95. The highest BCUT2D eigenvalue weighted by molar-refractivity contribution is 6.31. The third-order valence-corrected chi connectivity index (χ3v) is 5.76. The van der Waals surface area contributed by atoms with Crippen LogP contribution in [-0.4, -0.2) is 29.0 Å². The smallest absolute Gasteiger partial charge is 0.227 e. The highest BCUT2D eigenvalue weighted by atomic mass is 35.5. The van der Waals surface area contributed by atoms with Crippen molar-refractivity contribution in [2.45, 2.75) is 19.8 Å². The van der Waals surface area contributed by atoms with Crippen molar-refractivity contribution in [2.24, 2.45) is 5.92 Å². The van der Waals surface area contributed by atoms with E-state index in [4.69, 9.17) is 11.6 Å². The van der Waals surface area contributed by atoms with E-state index in [1.165, 1.54) is 0 Å². The molecule has 2 heterocycles. The molecule has 1 aliphatic rings. The molecule has 1 N–H and O–H groups in total. The summed E-state index contributed by atoms with van der Waals surface area (Å²) in [6, 6.07) is 17.7. The number of amides is 1.